The van der Waals surface area contributed by atoms with E-state index in [0.717, 1.165) is 16.9 Å². The molecule has 1 fully saturated rings. The van der Waals surface area contributed by atoms with E-state index in [2.05, 4.69) is 5.32 Å². The van der Waals surface area contributed by atoms with Crippen LogP contribution in [0.3, 0.4) is 0 Å². The highest BCUT2D eigenvalue weighted by Gasteiger charge is 2.35. The zero-order valence-corrected chi connectivity index (χ0v) is 15.9. The Bertz CT molecular complexity index is 1120. The first-order chi connectivity index (χ1) is 13.6. The highest BCUT2D eigenvalue weighted by Crippen LogP contribution is 2.25. The van der Waals surface area contributed by atoms with Gasteiger partial charge in [-0.2, -0.15) is 0 Å². The molecular formula is C22H17N3O2S. The molecule has 0 aliphatic carbocycles. The first kappa shape index (κ1) is 17.9. The van der Waals surface area contributed by atoms with E-state index in [9.17, 15) is 9.59 Å². The van der Waals surface area contributed by atoms with Crippen molar-refractivity contribution in [1.29, 1.82) is 0 Å². The van der Waals surface area contributed by atoms with Gasteiger partial charge in [0, 0.05) is 17.6 Å². The zero-order chi connectivity index (χ0) is 19.7. The fourth-order valence-electron chi connectivity index (χ4n) is 3.17. The van der Waals surface area contributed by atoms with Crippen LogP contribution in [0.2, 0.25) is 0 Å². The molecule has 2 aromatic carbocycles. The Morgan fingerprint density at radius 2 is 1.64 bits per heavy atom. The van der Waals surface area contributed by atoms with Gasteiger partial charge in [0.05, 0.1) is 5.69 Å². The summed E-state index contributed by atoms with van der Waals surface area (Å²) in [6.45, 7) is 1.89. The zero-order valence-electron chi connectivity index (χ0n) is 15.1. The number of aryl methyl sites for hydroxylation is 1. The highest BCUT2D eigenvalue weighted by atomic mass is 32.1. The summed E-state index contributed by atoms with van der Waals surface area (Å²) in [5, 5.41) is 2.71. The molecule has 6 heteroatoms. The van der Waals surface area contributed by atoms with Gasteiger partial charge < -0.3 is 4.57 Å². The van der Waals surface area contributed by atoms with Crippen molar-refractivity contribution in [2.75, 3.05) is 4.90 Å². The lowest BCUT2D eigenvalue weighted by Crippen LogP contribution is -2.54. The molecule has 2 heterocycles. The second kappa shape index (κ2) is 7.25. The van der Waals surface area contributed by atoms with E-state index in [-0.39, 0.29) is 10.7 Å². The SMILES string of the molecule is Cc1ccccc1N1C(=O)/C(=C/c2cccn2-c2ccccc2)C(=O)NC1=S. The molecule has 1 saturated heterocycles. The Morgan fingerprint density at radius 3 is 2.39 bits per heavy atom. The molecule has 5 nitrogen and oxygen atoms in total. The average Bonchev–Trinajstić information content (AvgIpc) is 3.15. The molecular weight excluding hydrogens is 370 g/mol. The molecule has 0 unspecified atom stereocenters. The van der Waals surface area contributed by atoms with Gasteiger partial charge in [-0.3, -0.25) is 19.8 Å². The highest BCUT2D eigenvalue weighted by molar-refractivity contribution is 7.80. The van der Waals surface area contributed by atoms with Crippen molar-refractivity contribution in [3.63, 3.8) is 0 Å². The predicted molar refractivity (Wildman–Crippen MR) is 113 cm³/mol. The van der Waals surface area contributed by atoms with Crippen LogP contribution >= 0.6 is 12.2 Å². The summed E-state index contributed by atoms with van der Waals surface area (Å²) in [6, 6.07) is 20.9. The Morgan fingerprint density at radius 1 is 0.929 bits per heavy atom. The summed E-state index contributed by atoms with van der Waals surface area (Å²) in [6.07, 6.45) is 3.48. The maximum Gasteiger partial charge on any atom is 0.270 e. The molecule has 0 bridgehead atoms. The molecule has 0 radical (unpaired) electrons. The topological polar surface area (TPSA) is 54.3 Å². The minimum atomic E-state index is -0.499. The number of carbonyl (C=O) groups excluding carboxylic acids is 2. The maximum absolute atomic E-state index is 13.2. The number of rotatable bonds is 3. The van der Waals surface area contributed by atoms with Crippen LogP contribution in [0.4, 0.5) is 5.69 Å². The van der Waals surface area contributed by atoms with E-state index >= 15 is 0 Å². The van der Waals surface area contributed by atoms with Crippen molar-refractivity contribution in [2.24, 2.45) is 0 Å². The fourth-order valence-corrected chi connectivity index (χ4v) is 3.45. The molecule has 0 spiro atoms. The first-order valence-corrected chi connectivity index (χ1v) is 9.17. The summed E-state index contributed by atoms with van der Waals surface area (Å²) < 4.78 is 1.92. The van der Waals surface area contributed by atoms with Gasteiger partial charge in [-0.05, 0) is 61.1 Å². The van der Waals surface area contributed by atoms with E-state index in [1.165, 1.54) is 4.90 Å². The van der Waals surface area contributed by atoms with Crippen LogP contribution in [0, 0.1) is 6.92 Å². The molecule has 4 rings (SSSR count). The number of hydrogen-bond donors (Lipinski definition) is 1. The van der Waals surface area contributed by atoms with E-state index in [1.54, 1.807) is 12.1 Å². The first-order valence-electron chi connectivity index (χ1n) is 8.76. The standard InChI is InChI=1S/C22H17N3O2S/c1-15-8-5-6-12-19(15)25-21(27)18(20(26)23-22(25)28)14-17-11-7-13-24(17)16-9-3-2-4-10-16/h2-14H,1H3,(H,23,26,28)/b18-14+. The quantitative estimate of drug-likeness (QED) is 0.424. The Balaban J connectivity index is 1.77. The molecule has 2 amide bonds. The van der Waals surface area contributed by atoms with Gasteiger partial charge in [-0.15, -0.1) is 0 Å². The van der Waals surface area contributed by atoms with Crippen molar-refractivity contribution < 1.29 is 9.59 Å². The average molecular weight is 387 g/mol. The fraction of sp³-hybridized carbons (Fsp3) is 0.0455. The van der Waals surface area contributed by atoms with Crippen molar-refractivity contribution in [2.45, 2.75) is 6.92 Å². The molecule has 1 aromatic heterocycles. The summed E-state index contributed by atoms with van der Waals surface area (Å²) in [5.74, 6) is -0.940. The molecule has 0 saturated carbocycles. The second-order valence-corrected chi connectivity index (χ2v) is 6.77. The van der Waals surface area contributed by atoms with Gasteiger partial charge in [-0.25, -0.2) is 0 Å². The smallest absolute Gasteiger partial charge is 0.270 e. The van der Waals surface area contributed by atoms with Crippen molar-refractivity contribution in [3.8, 4) is 5.69 Å². The predicted octanol–water partition coefficient (Wildman–Crippen LogP) is 3.62. The number of carbonyl (C=O) groups is 2. The maximum atomic E-state index is 13.2. The summed E-state index contributed by atoms with van der Waals surface area (Å²) in [5.41, 5.74) is 3.24. The van der Waals surface area contributed by atoms with E-state index in [0.29, 0.717) is 5.69 Å². The second-order valence-electron chi connectivity index (χ2n) is 6.38. The monoisotopic (exact) mass is 387 g/mol. The number of amides is 2. The Hall–Kier alpha value is -3.51. The molecule has 1 aliphatic rings. The van der Waals surface area contributed by atoms with Crippen LogP contribution in [0.5, 0.6) is 0 Å². The van der Waals surface area contributed by atoms with Gasteiger partial charge in [-0.1, -0.05) is 36.4 Å². The lowest BCUT2D eigenvalue weighted by atomic mass is 10.1. The van der Waals surface area contributed by atoms with Crippen LogP contribution in [0.1, 0.15) is 11.3 Å². The number of nitrogens with one attached hydrogen (secondary N) is 1. The number of hydrogen-bond acceptors (Lipinski definition) is 3. The Kier molecular flexibility index (Phi) is 4.63. The lowest BCUT2D eigenvalue weighted by molar-refractivity contribution is -0.122. The summed E-state index contributed by atoms with van der Waals surface area (Å²) in [7, 11) is 0. The lowest BCUT2D eigenvalue weighted by Gasteiger charge is -2.30. The van der Waals surface area contributed by atoms with Gasteiger partial charge in [0.2, 0.25) is 0 Å². The summed E-state index contributed by atoms with van der Waals surface area (Å²) >= 11 is 5.27. The van der Waals surface area contributed by atoms with Gasteiger partial charge >= 0.3 is 0 Å². The number of aromatic nitrogens is 1. The third-order valence-corrected chi connectivity index (χ3v) is 4.85. The van der Waals surface area contributed by atoms with E-state index < -0.39 is 11.8 Å². The van der Waals surface area contributed by atoms with Crippen molar-refractivity contribution >= 4 is 40.9 Å². The van der Waals surface area contributed by atoms with Crippen LogP contribution in [0.15, 0.2) is 78.5 Å². The van der Waals surface area contributed by atoms with E-state index in [1.807, 2.05) is 78.4 Å². The van der Waals surface area contributed by atoms with Crippen LogP contribution in [0.25, 0.3) is 11.8 Å². The van der Waals surface area contributed by atoms with Gasteiger partial charge in [0.25, 0.3) is 11.8 Å². The van der Waals surface area contributed by atoms with Gasteiger partial charge in [0.15, 0.2) is 5.11 Å². The molecule has 3 aromatic rings. The van der Waals surface area contributed by atoms with Crippen molar-refractivity contribution in [3.05, 3.63) is 89.8 Å². The summed E-state index contributed by atoms with van der Waals surface area (Å²) in [4.78, 5) is 27.1. The molecule has 28 heavy (non-hydrogen) atoms. The third-order valence-electron chi connectivity index (χ3n) is 4.56. The number of thiocarbonyl (C=S) groups is 1. The molecule has 1 aliphatic heterocycles. The van der Waals surface area contributed by atoms with Crippen LogP contribution in [-0.2, 0) is 9.59 Å². The molecule has 1 N–H and O–H groups in total. The third kappa shape index (κ3) is 3.14. The van der Waals surface area contributed by atoms with Crippen molar-refractivity contribution in [1.82, 2.24) is 9.88 Å². The number of nitrogens with zero attached hydrogens (tertiary/aromatic N) is 2. The normalized spacial score (nSPS) is 15.8. The minimum Gasteiger partial charge on any atom is -0.317 e. The molecule has 0 atom stereocenters. The number of benzene rings is 2. The minimum absolute atomic E-state index is 0.0349. The van der Waals surface area contributed by atoms with Gasteiger partial charge in [0.1, 0.15) is 5.57 Å². The molecule has 138 valence electrons. The van der Waals surface area contributed by atoms with Crippen LogP contribution in [-0.4, -0.2) is 21.5 Å². The largest absolute Gasteiger partial charge is 0.317 e. The number of para-hydroxylation sites is 2. The number of anilines is 1. The van der Waals surface area contributed by atoms with E-state index in [4.69, 9.17) is 12.2 Å². The van der Waals surface area contributed by atoms with Crippen LogP contribution < -0.4 is 10.2 Å². The Labute approximate surface area is 167 Å².